The van der Waals surface area contributed by atoms with Crippen LogP contribution in [0.3, 0.4) is 0 Å². The molecule has 1 saturated heterocycles. The van der Waals surface area contributed by atoms with Gasteiger partial charge < -0.3 is 18.3 Å². The molecule has 142 valence electrons. The van der Waals surface area contributed by atoms with Crippen molar-refractivity contribution in [3.8, 4) is 23.1 Å². The molecule has 1 fully saturated rings. The maximum atomic E-state index is 5.78. The number of aryl methyl sites for hydroxylation is 1. The van der Waals surface area contributed by atoms with Crippen LogP contribution in [-0.4, -0.2) is 37.2 Å². The molecule has 0 N–H and O–H groups in total. The number of furan rings is 1. The fraction of sp³-hybridized carbons (Fsp3) is 0.381. The molecule has 2 aromatic heterocycles. The van der Waals surface area contributed by atoms with Gasteiger partial charge in [0.15, 0.2) is 5.76 Å². The Labute approximate surface area is 158 Å². The van der Waals surface area contributed by atoms with Gasteiger partial charge in [-0.05, 0) is 50.2 Å². The van der Waals surface area contributed by atoms with E-state index in [-0.39, 0.29) is 0 Å². The SMILES string of the molecule is COc1ccc(OC)c([C@@H]2CCN(Cc3nc(-c4ccco4)oc3C)C2)c1. The molecule has 1 atom stereocenters. The van der Waals surface area contributed by atoms with E-state index in [0.29, 0.717) is 17.6 Å². The van der Waals surface area contributed by atoms with Crippen molar-refractivity contribution in [1.82, 2.24) is 9.88 Å². The molecule has 0 bridgehead atoms. The Morgan fingerprint density at radius 3 is 2.85 bits per heavy atom. The second-order valence-corrected chi connectivity index (χ2v) is 6.83. The summed E-state index contributed by atoms with van der Waals surface area (Å²) < 4.78 is 22.1. The summed E-state index contributed by atoms with van der Waals surface area (Å²) in [6.07, 6.45) is 2.70. The first kappa shape index (κ1) is 17.7. The van der Waals surface area contributed by atoms with Crippen molar-refractivity contribution in [3.05, 3.63) is 53.6 Å². The summed E-state index contributed by atoms with van der Waals surface area (Å²) in [6.45, 7) is 4.67. The summed E-state index contributed by atoms with van der Waals surface area (Å²) in [5, 5.41) is 0. The standard InChI is InChI=1S/C21H24N2O4/c1-14-18(22-21(27-14)20-5-4-10-26-20)13-23-9-8-15(12-23)17-11-16(24-2)6-7-19(17)25-3/h4-7,10-11,15H,8-9,12-13H2,1-3H3/t15-/m1/s1. The minimum absolute atomic E-state index is 0.409. The Hall–Kier alpha value is -2.73. The second kappa shape index (κ2) is 7.48. The largest absolute Gasteiger partial charge is 0.497 e. The third kappa shape index (κ3) is 3.57. The predicted molar refractivity (Wildman–Crippen MR) is 101 cm³/mol. The monoisotopic (exact) mass is 368 g/mol. The summed E-state index contributed by atoms with van der Waals surface area (Å²) in [5.41, 5.74) is 2.16. The van der Waals surface area contributed by atoms with E-state index in [1.807, 2.05) is 31.2 Å². The zero-order chi connectivity index (χ0) is 18.8. The van der Waals surface area contributed by atoms with Gasteiger partial charge in [-0.3, -0.25) is 4.90 Å². The van der Waals surface area contributed by atoms with E-state index in [1.54, 1.807) is 20.5 Å². The Balaban J connectivity index is 1.48. The molecule has 0 aliphatic carbocycles. The van der Waals surface area contributed by atoms with E-state index in [2.05, 4.69) is 16.0 Å². The van der Waals surface area contributed by atoms with Crippen LogP contribution in [-0.2, 0) is 6.54 Å². The van der Waals surface area contributed by atoms with Gasteiger partial charge in [-0.25, -0.2) is 4.98 Å². The van der Waals surface area contributed by atoms with E-state index < -0.39 is 0 Å². The Kier molecular flexibility index (Phi) is 4.90. The zero-order valence-electron chi connectivity index (χ0n) is 15.9. The van der Waals surface area contributed by atoms with Gasteiger partial charge in [0, 0.05) is 24.6 Å². The first-order chi connectivity index (χ1) is 13.2. The first-order valence-corrected chi connectivity index (χ1v) is 9.12. The fourth-order valence-electron chi connectivity index (χ4n) is 3.68. The number of hydrogen-bond acceptors (Lipinski definition) is 6. The number of rotatable bonds is 6. The molecule has 6 heteroatoms. The number of benzene rings is 1. The van der Waals surface area contributed by atoms with Gasteiger partial charge in [-0.2, -0.15) is 0 Å². The van der Waals surface area contributed by atoms with E-state index in [9.17, 15) is 0 Å². The van der Waals surface area contributed by atoms with Crippen LogP contribution in [0, 0.1) is 6.92 Å². The highest BCUT2D eigenvalue weighted by atomic mass is 16.5. The summed E-state index contributed by atoms with van der Waals surface area (Å²) in [5.74, 6) is 4.22. The Morgan fingerprint density at radius 2 is 2.11 bits per heavy atom. The number of nitrogens with zero attached hydrogens (tertiary/aromatic N) is 2. The molecule has 3 aromatic rings. The molecule has 0 saturated carbocycles. The van der Waals surface area contributed by atoms with Crippen LogP contribution < -0.4 is 9.47 Å². The minimum Gasteiger partial charge on any atom is -0.497 e. The highest BCUT2D eigenvalue weighted by Gasteiger charge is 2.28. The molecule has 27 heavy (non-hydrogen) atoms. The van der Waals surface area contributed by atoms with Crippen molar-refractivity contribution in [2.24, 2.45) is 0 Å². The van der Waals surface area contributed by atoms with E-state index in [4.69, 9.17) is 18.3 Å². The summed E-state index contributed by atoms with van der Waals surface area (Å²) >= 11 is 0. The van der Waals surface area contributed by atoms with Crippen LogP contribution in [0.25, 0.3) is 11.7 Å². The van der Waals surface area contributed by atoms with Crippen molar-refractivity contribution in [2.45, 2.75) is 25.8 Å². The Bertz CT molecular complexity index is 901. The number of hydrogen-bond donors (Lipinski definition) is 0. The number of aromatic nitrogens is 1. The smallest absolute Gasteiger partial charge is 0.263 e. The van der Waals surface area contributed by atoms with E-state index in [1.165, 1.54) is 5.56 Å². The lowest BCUT2D eigenvalue weighted by Gasteiger charge is -2.17. The predicted octanol–water partition coefficient (Wildman–Crippen LogP) is 4.25. The van der Waals surface area contributed by atoms with E-state index >= 15 is 0 Å². The molecule has 1 aromatic carbocycles. The summed E-state index contributed by atoms with van der Waals surface area (Å²) in [4.78, 5) is 7.03. The van der Waals surface area contributed by atoms with Gasteiger partial charge in [0.05, 0.1) is 26.2 Å². The highest BCUT2D eigenvalue weighted by Crippen LogP contribution is 2.36. The first-order valence-electron chi connectivity index (χ1n) is 9.12. The fourth-order valence-corrected chi connectivity index (χ4v) is 3.68. The molecule has 0 unspecified atom stereocenters. The van der Waals surface area contributed by atoms with Crippen LogP contribution in [0.4, 0.5) is 0 Å². The number of oxazole rings is 1. The average Bonchev–Trinajstić information content (AvgIpc) is 3.43. The third-order valence-electron chi connectivity index (χ3n) is 5.15. The minimum atomic E-state index is 0.409. The molecule has 0 spiro atoms. The molecule has 0 radical (unpaired) electrons. The van der Waals surface area contributed by atoms with Gasteiger partial charge in [0.25, 0.3) is 5.89 Å². The molecule has 1 aliphatic rings. The molecule has 0 amide bonds. The summed E-state index contributed by atoms with van der Waals surface area (Å²) in [7, 11) is 3.41. The van der Waals surface area contributed by atoms with Crippen molar-refractivity contribution >= 4 is 0 Å². The lowest BCUT2D eigenvalue weighted by Crippen LogP contribution is -2.20. The van der Waals surface area contributed by atoms with Gasteiger partial charge >= 0.3 is 0 Å². The van der Waals surface area contributed by atoms with E-state index in [0.717, 1.165) is 49.0 Å². The number of methoxy groups -OCH3 is 2. The molecule has 3 heterocycles. The van der Waals surface area contributed by atoms with Crippen LogP contribution >= 0.6 is 0 Å². The zero-order valence-corrected chi connectivity index (χ0v) is 15.9. The van der Waals surface area contributed by atoms with Crippen LogP contribution in [0.1, 0.15) is 29.4 Å². The van der Waals surface area contributed by atoms with Crippen molar-refractivity contribution in [3.63, 3.8) is 0 Å². The lowest BCUT2D eigenvalue weighted by molar-refractivity contribution is 0.319. The number of likely N-dealkylation sites (tertiary alicyclic amines) is 1. The van der Waals surface area contributed by atoms with Crippen molar-refractivity contribution in [1.29, 1.82) is 0 Å². The topological polar surface area (TPSA) is 60.9 Å². The third-order valence-corrected chi connectivity index (χ3v) is 5.15. The van der Waals surface area contributed by atoms with Crippen molar-refractivity contribution in [2.75, 3.05) is 27.3 Å². The Morgan fingerprint density at radius 1 is 1.22 bits per heavy atom. The maximum Gasteiger partial charge on any atom is 0.263 e. The molecule has 4 rings (SSSR count). The summed E-state index contributed by atoms with van der Waals surface area (Å²) in [6, 6.07) is 9.69. The van der Waals surface area contributed by atoms with Gasteiger partial charge in [-0.1, -0.05) is 0 Å². The van der Waals surface area contributed by atoms with Crippen LogP contribution in [0.5, 0.6) is 11.5 Å². The van der Waals surface area contributed by atoms with Gasteiger partial charge in [0.2, 0.25) is 0 Å². The molecule has 6 nitrogen and oxygen atoms in total. The maximum absolute atomic E-state index is 5.78. The normalized spacial score (nSPS) is 17.4. The lowest BCUT2D eigenvalue weighted by atomic mass is 9.97. The quantitative estimate of drug-likeness (QED) is 0.648. The van der Waals surface area contributed by atoms with Gasteiger partial charge in [0.1, 0.15) is 17.3 Å². The average molecular weight is 368 g/mol. The highest BCUT2D eigenvalue weighted by molar-refractivity contribution is 5.45. The molecular formula is C21H24N2O4. The van der Waals surface area contributed by atoms with Crippen LogP contribution in [0.15, 0.2) is 45.4 Å². The number of ether oxygens (including phenoxy) is 2. The van der Waals surface area contributed by atoms with Crippen LogP contribution in [0.2, 0.25) is 0 Å². The van der Waals surface area contributed by atoms with Gasteiger partial charge in [-0.15, -0.1) is 0 Å². The molecular weight excluding hydrogens is 344 g/mol. The second-order valence-electron chi connectivity index (χ2n) is 6.83. The molecule has 1 aliphatic heterocycles. The van der Waals surface area contributed by atoms with Crippen molar-refractivity contribution < 1.29 is 18.3 Å².